The molecule has 4 aliphatic rings. The summed E-state index contributed by atoms with van der Waals surface area (Å²) >= 11 is 0. The third-order valence-corrected chi connectivity index (χ3v) is 8.89. The summed E-state index contributed by atoms with van der Waals surface area (Å²) in [6.07, 6.45) is 12.0. The predicted octanol–water partition coefficient (Wildman–Crippen LogP) is 5.28. The van der Waals surface area contributed by atoms with Crippen LogP contribution in [0.2, 0.25) is 0 Å². The van der Waals surface area contributed by atoms with Gasteiger partial charge in [-0.25, -0.2) is 9.78 Å². The Kier molecular flexibility index (Phi) is 4.81. The molecule has 0 aromatic heterocycles. The van der Waals surface area contributed by atoms with Crippen molar-refractivity contribution in [1.29, 1.82) is 0 Å². The van der Waals surface area contributed by atoms with Crippen LogP contribution >= 0.6 is 0 Å². The van der Waals surface area contributed by atoms with Crippen LogP contribution in [0.1, 0.15) is 79.1 Å². The van der Waals surface area contributed by atoms with Crippen LogP contribution in [0.4, 0.5) is 0 Å². The average molecular weight is 363 g/mol. The highest BCUT2D eigenvalue weighted by Crippen LogP contribution is 2.67. The lowest BCUT2D eigenvalue weighted by Crippen LogP contribution is -2.54. The van der Waals surface area contributed by atoms with E-state index in [-0.39, 0.29) is 11.5 Å². The van der Waals surface area contributed by atoms with Gasteiger partial charge in [0.2, 0.25) is 0 Å². The molecular formula is C23H38O3. The highest BCUT2D eigenvalue weighted by atomic mass is 17.2. The minimum absolute atomic E-state index is 0.0811. The molecule has 0 aliphatic heterocycles. The number of fused-ring (bicyclic) bond motifs is 5. The molecule has 3 heteroatoms. The van der Waals surface area contributed by atoms with Crippen LogP contribution in [0, 0.1) is 34.0 Å². The average Bonchev–Trinajstić information content (AvgIpc) is 2.92. The fourth-order valence-corrected chi connectivity index (χ4v) is 7.79. The molecule has 1 N–H and O–H groups in total. The predicted molar refractivity (Wildman–Crippen MR) is 103 cm³/mol. The molecule has 0 bridgehead atoms. The standard InChI is InChI=1S/C23H38O3/c1-5-25-26-15-23-14-11-17-16(18(23)8-10-20(23)24)7-9-19-21(2,3)12-6-13-22(17,19)4/h9,16-18,20,24H,5-8,10-15H2,1-4H3/t16-,17+,18+,20+,22-,23-/m1/s1. The van der Waals surface area contributed by atoms with Gasteiger partial charge in [0, 0.05) is 5.41 Å². The van der Waals surface area contributed by atoms with Gasteiger partial charge in [-0.1, -0.05) is 38.8 Å². The minimum Gasteiger partial charge on any atom is -0.392 e. The first-order chi connectivity index (χ1) is 12.3. The molecule has 0 heterocycles. The van der Waals surface area contributed by atoms with Crippen molar-refractivity contribution in [3.63, 3.8) is 0 Å². The van der Waals surface area contributed by atoms with Crippen molar-refractivity contribution in [1.82, 2.24) is 0 Å². The molecule has 0 amide bonds. The Labute approximate surface area is 159 Å². The zero-order chi connectivity index (χ0) is 18.6. The third kappa shape index (κ3) is 2.64. The molecule has 6 atom stereocenters. The molecular weight excluding hydrogens is 324 g/mol. The monoisotopic (exact) mass is 362 g/mol. The van der Waals surface area contributed by atoms with Gasteiger partial charge in [-0.3, -0.25) is 0 Å². The number of allylic oxidation sites excluding steroid dienone is 2. The number of hydrogen-bond donors (Lipinski definition) is 1. The molecule has 3 nitrogen and oxygen atoms in total. The van der Waals surface area contributed by atoms with Crippen LogP contribution in [0.25, 0.3) is 0 Å². The molecule has 4 aliphatic carbocycles. The lowest BCUT2D eigenvalue weighted by molar-refractivity contribution is -0.319. The number of aliphatic hydroxyl groups is 1. The van der Waals surface area contributed by atoms with E-state index in [2.05, 4.69) is 26.8 Å². The summed E-state index contributed by atoms with van der Waals surface area (Å²) in [6, 6.07) is 0. The van der Waals surface area contributed by atoms with Crippen LogP contribution in [0.5, 0.6) is 0 Å². The van der Waals surface area contributed by atoms with Gasteiger partial charge < -0.3 is 5.11 Å². The van der Waals surface area contributed by atoms with Gasteiger partial charge in [0.05, 0.1) is 19.3 Å². The molecule has 148 valence electrons. The molecule has 0 aromatic rings. The van der Waals surface area contributed by atoms with Crippen molar-refractivity contribution in [2.75, 3.05) is 13.2 Å². The molecule has 0 saturated heterocycles. The highest BCUT2D eigenvalue weighted by Gasteiger charge is 2.61. The lowest BCUT2D eigenvalue weighted by Gasteiger charge is -2.60. The largest absolute Gasteiger partial charge is 0.392 e. The second kappa shape index (κ2) is 6.60. The maximum atomic E-state index is 10.9. The first kappa shape index (κ1) is 19.0. The molecule has 0 spiro atoms. The van der Waals surface area contributed by atoms with Crippen molar-refractivity contribution in [2.24, 2.45) is 34.0 Å². The summed E-state index contributed by atoms with van der Waals surface area (Å²) in [5, 5.41) is 10.9. The normalized spacial score (nSPS) is 46.9. The Balaban J connectivity index is 1.64. The third-order valence-electron chi connectivity index (χ3n) is 8.89. The van der Waals surface area contributed by atoms with E-state index in [1.54, 1.807) is 5.57 Å². The Morgan fingerprint density at radius 3 is 2.62 bits per heavy atom. The summed E-state index contributed by atoms with van der Waals surface area (Å²) in [6.45, 7) is 10.6. The number of hydrogen-bond acceptors (Lipinski definition) is 3. The van der Waals surface area contributed by atoms with Gasteiger partial charge in [-0.05, 0) is 80.5 Å². The van der Waals surface area contributed by atoms with E-state index in [9.17, 15) is 5.11 Å². The van der Waals surface area contributed by atoms with Gasteiger partial charge in [0.15, 0.2) is 0 Å². The van der Waals surface area contributed by atoms with Gasteiger partial charge >= 0.3 is 0 Å². The first-order valence-electron chi connectivity index (χ1n) is 11.0. The van der Waals surface area contributed by atoms with Crippen LogP contribution in [0.15, 0.2) is 11.6 Å². The van der Waals surface area contributed by atoms with Crippen LogP contribution in [-0.4, -0.2) is 24.4 Å². The minimum atomic E-state index is -0.227. The van der Waals surface area contributed by atoms with E-state index in [1.165, 1.54) is 32.1 Å². The highest BCUT2D eigenvalue weighted by molar-refractivity contribution is 5.29. The molecule has 4 rings (SSSR count). The molecule has 3 fully saturated rings. The molecule has 0 radical (unpaired) electrons. The van der Waals surface area contributed by atoms with Crippen LogP contribution < -0.4 is 0 Å². The van der Waals surface area contributed by atoms with E-state index in [0.717, 1.165) is 25.2 Å². The van der Waals surface area contributed by atoms with Gasteiger partial charge in [0.25, 0.3) is 0 Å². The maximum Gasteiger partial charge on any atom is 0.0906 e. The number of rotatable bonds is 4. The summed E-state index contributed by atoms with van der Waals surface area (Å²) in [5.41, 5.74) is 2.39. The van der Waals surface area contributed by atoms with Crippen molar-refractivity contribution >= 4 is 0 Å². The van der Waals surface area contributed by atoms with Crippen molar-refractivity contribution < 1.29 is 14.9 Å². The SMILES string of the molecule is CCOOC[C@]12CC[C@H]3[C@@H](CC=C4C(C)(C)CCC[C@@]43C)[C@@H]1CC[C@@H]2O. The van der Waals surface area contributed by atoms with E-state index in [1.807, 2.05) is 6.92 Å². The Morgan fingerprint density at radius 1 is 1.04 bits per heavy atom. The van der Waals surface area contributed by atoms with Crippen LogP contribution in [0.3, 0.4) is 0 Å². The van der Waals surface area contributed by atoms with E-state index in [0.29, 0.717) is 35.9 Å². The smallest absolute Gasteiger partial charge is 0.0906 e. The summed E-state index contributed by atoms with van der Waals surface area (Å²) < 4.78 is 0. The molecule has 26 heavy (non-hydrogen) atoms. The maximum absolute atomic E-state index is 10.9. The Morgan fingerprint density at radius 2 is 1.85 bits per heavy atom. The van der Waals surface area contributed by atoms with E-state index in [4.69, 9.17) is 9.78 Å². The van der Waals surface area contributed by atoms with E-state index >= 15 is 0 Å². The summed E-state index contributed by atoms with van der Waals surface area (Å²) in [5.74, 6) is 2.06. The molecule has 3 saturated carbocycles. The quantitative estimate of drug-likeness (QED) is 0.320. The van der Waals surface area contributed by atoms with Crippen molar-refractivity contribution in [3.05, 3.63) is 11.6 Å². The Hall–Kier alpha value is -0.380. The fraction of sp³-hybridized carbons (Fsp3) is 0.913. The number of aliphatic hydroxyl groups excluding tert-OH is 1. The zero-order valence-corrected chi connectivity index (χ0v) is 17.2. The zero-order valence-electron chi connectivity index (χ0n) is 17.2. The second-order valence-electron chi connectivity index (χ2n) is 10.4. The van der Waals surface area contributed by atoms with E-state index < -0.39 is 0 Å². The van der Waals surface area contributed by atoms with Gasteiger partial charge in [0.1, 0.15) is 0 Å². The topological polar surface area (TPSA) is 38.7 Å². The first-order valence-corrected chi connectivity index (χ1v) is 11.0. The second-order valence-corrected chi connectivity index (χ2v) is 10.4. The summed E-state index contributed by atoms with van der Waals surface area (Å²) in [7, 11) is 0. The van der Waals surface area contributed by atoms with Gasteiger partial charge in [-0.2, -0.15) is 0 Å². The lowest BCUT2D eigenvalue weighted by atomic mass is 9.45. The summed E-state index contributed by atoms with van der Waals surface area (Å²) in [4.78, 5) is 10.8. The Bertz CT molecular complexity index is 568. The van der Waals surface area contributed by atoms with Crippen molar-refractivity contribution in [2.45, 2.75) is 85.2 Å². The fourth-order valence-electron chi connectivity index (χ4n) is 7.79. The van der Waals surface area contributed by atoms with Crippen LogP contribution in [-0.2, 0) is 9.78 Å². The molecule has 0 aromatic carbocycles. The molecule has 0 unspecified atom stereocenters. The van der Waals surface area contributed by atoms with Gasteiger partial charge in [-0.15, -0.1) is 0 Å². The van der Waals surface area contributed by atoms with Crippen molar-refractivity contribution in [3.8, 4) is 0 Å².